The molecule has 0 radical (unpaired) electrons. The molecule has 0 saturated heterocycles. The van der Waals surface area contributed by atoms with Crippen molar-refractivity contribution < 1.29 is 13.2 Å². The first-order chi connectivity index (χ1) is 8.86. The van der Waals surface area contributed by atoms with E-state index in [4.69, 9.17) is 5.73 Å². The Morgan fingerprint density at radius 2 is 2.00 bits per heavy atom. The lowest BCUT2D eigenvalue weighted by Crippen LogP contribution is -2.48. The summed E-state index contributed by atoms with van der Waals surface area (Å²) in [4.78, 5) is 12.3. The molecule has 1 amide bonds. The van der Waals surface area contributed by atoms with Crippen LogP contribution in [0.25, 0.3) is 0 Å². The molecule has 0 aliphatic heterocycles. The standard InChI is InChI=1S/C13H18N2O3S/c1-13(9-5-8-11(13)14)12(16)15-19(17,18)10-6-3-2-4-7-10/h2-4,6-7,11H,5,8-9,14H2,1H3,(H,15,16). The van der Waals surface area contributed by atoms with Crippen LogP contribution in [0.15, 0.2) is 35.2 Å². The van der Waals surface area contributed by atoms with Crippen LogP contribution in [0.3, 0.4) is 0 Å². The minimum Gasteiger partial charge on any atom is -0.327 e. The molecule has 1 aromatic rings. The van der Waals surface area contributed by atoms with E-state index >= 15 is 0 Å². The van der Waals surface area contributed by atoms with E-state index in [1.165, 1.54) is 12.1 Å². The van der Waals surface area contributed by atoms with E-state index in [0.717, 1.165) is 12.8 Å². The highest BCUT2D eigenvalue weighted by Gasteiger charge is 2.44. The number of hydrogen-bond acceptors (Lipinski definition) is 4. The number of hydrogen-bond donors (Lipinski definition) is 2. The summed E-state index contributed by atoms with van der Waals surface area (Å²) in [7, 11) is -3.81. The lowest BCUT2D eigenvalue weighted by molar-refractivity contribution is -0.128. The van der Waals surface area contributed by atoms with Gasteiger partial charge in [0.1, 0.15) is 0 Å². The first-order valence-corrected chi connectivity index (χ1v) is 7.72. The average Bonchev–Trinajstić information content (AvgIpc) is 2.72. The van der Waals surface area contributed by atoms with E-state index in [1.807, 2.05) is 0 Å². The van der Waals surface area contributed by atoms with Gasteiger partial charge >= 0.3 is 0 Å². The number of nitrogens with two attached hydrogens (primary N) is 1. The summed E-state index contributed by atoms with van der Waals surface area (Å²) >= 11 is 0. The van der Waals surface area contributed by atoms with Gasteiger partial charge < -0.3 is 5.73 Å². The molecular formula is C13H18N2O3S. The van der Waals surface area contributed by atoms with Crippen molar-refractivity contribution in [2.24, 2.45) is 11.1 Å². The molecule has 1 saturated carbocycles. The molecule has 104 valence electrons. The summed E-state index contributed by atoms with van der Waals surface area (Å²) in [6.07, 6.45) is 2.20. The summed E-state index contributed by atoms with van der Waals surface area (Å²) < 4.78 is 26.3. The van der Waals surface area contributed by atoms with Crippen molar-refractivity contribution in [2.75, 3.05) is 0 Å². The van der Waals surface area contributed by atoms with Crippen LogP contribution in [-0.4, -0.2) is 20.4 Å². The highest BCUT2D eigenvalue weighted by molar-refractivity contribution is 7.90. The maximum Gasteiger partial charge on any atom is 0.264 e. The Bertz CT molecular complexity index is 571. The summed E-state index contributed by atoms with van der Waals surface area (Å²) in [6, 6.07) is 7.55. The molecule has 1 aliphatic rings. The zero-order chi connectivity index (χ0) is 14.1. The van der Waals surface area contributed by atoms with Gasteiger partial charge in [0, 0.05) is 6.04 Å². The van der Waals surface area contributed by atoms with Crippen LogP contribution in [0.2, 0.25) is 0 Å². The van der Waals surface area contributed by atoms with E-state index in [2.05, 4.69) is 4.72 Å². The van der Waals surface area contributed by atoms with E-state index in [-0.39, 0.29) is 10.9 Å². The largest absolute Gasteiger partial charge is 0.327 e. The molecule has 0 aromatic heterocycles. The fourth-order valence-corrected chi connectivity index (χ4v) is 3.48. The van der Waals surface area contributed by atoms with Crippen molar-refractivity contribution >= 4 is 15.9 Å². The van der Waals surface area contributed by atoms with Gasteiger partial charge in [-0.15, -0.1) is 0 Å². The number of amides is 1. The lowest BCUT2D eigenvalue weighted by Gasteiger charge is -2.27. The van der Waals surface area contributed by atoms with Crippen LogP contribution >= 0.6 is 0 Å². The van der Waals surface area contributed by atoms with Crippen LogP contribution in [0, 0.1) is 5.41 Å². The Morgan fingerprint density at radius 1 is 1.37 bits per heavy atom. The van der Waals surface area contributed by atoms with Gasteiger partial charge in [-0.1, -0.05) is 24.6 Å². The molecule has 2 unspecified atom stereocenters. The van der Waals surface area contributed by atoms with Gasteiger partial charge in [0.15, 0.2) is 0 Å². The summed E-state index contributed by atoms with van der Waals surface area (Å²) in [5.74, 6) is -0.513. The fraction of sp³-hybridized carbons (Fsp3) is 0.462. The first-order valence-electron chi connectivity index (χ1n) is 6.24. The van der Waals surface area contributed by atoms with Crippen LogP contribution in [0.5, 0.6) is 0 Å². The Morgan fingerprint density at radius 3 is 2.53 bits per heavy atom. The third-order valence-electron chi connectivity index (χ3n) is 3.83. The van der Waals surface area contributed by atoms with Gasteiger partial charge in [-0.25, -0.2) is 13.1 Å². The van der Waals surface area contributed by atoms with Gasteiger partial charge in [-0.2, -0.15) is 0 Å². The summed E-state index contributed by atoms with van der Waals surface area (Å²) in [5, 5.41) is 0. The van der Waals surface area contributed by atoms with Gasteiger partial charge in [0.25, 0.3) is 10.0 Å². The monoisotopic (exact) mass is 282 g/mol. The number of carbonyl (C=O) groups excluding carboxylic acids is 1. The first kappa shape index (κ1) is 14.0. The van der Waals surface area contributed by atoms with Crippen LogP contribution in [-0.2, 0) is 14.8 Å². The number of benzene rings is 1. The third kappa shape index (κ3) is 2.64. The number of carbonyl (C=O) groups is 1. The van der Waals surface area contributed by atoms with E-state index in [0.29, 0.717) is 6.42 Å². The van der Waals surface area contributed by atoms with Crippen molar-refractivity contribution in [3.8, 4) is 0 Å². The van der Waals surface area contributed by atoms with Crippen LogP contribution in [0.1, 0.15) is 26.2 Å². The van der Waals surface area contributed by atoms with E-state index in [9.17, 15) is 13.2 Å². The van der Waals surface area contributed by atoms with Gasteiger partial charge in [0.05, 0.1) is 10.3 Å². The number of rotatable bonds is 3. The molecule has 1 aromatic carbocycles. The van der Waals surface area contributed by atoms with Crippen LogP contribution < -0.4 is 10.5 Å². The Kier molecular flexibility index (Phi) is 3.64. The third-order valence-corrected chi connectivity index (χ3v) is 5.18. The molecule has 0 spiro atoms. The van der Waals surface area contributed by atoms with Crippen molar-refractivity contribution in [3.63, 3.8) is 0 Å². The molecule has 3 N–H and O–H groups in total. The molecule has 19 heavy (non-hydrogen) atoms. The predicted octanol–water partition coefficient (Wildman–Crippen LogP) is 1.01. The molecule has 0 bridgehead atoms. The average molecular weight is 282 g/mol. The fourth-order valence-electron chi connectivity index (χ4n) is 2.37. The maximum atomic E-state index is 12.2. The molecule has 0 heterocycles. The Hall–Kier alpha value is -1.40. The predicted molar refractivity (Wildman–Crippen MR) is 71.7 cm³/mol. The van der Waals surface area contributed by atoms with Gasteiger partial charge in [-0.05, 0) is 31.9 Å². The van der Waals surface area contributed by atoms with E-state index in [1.54, 1.807) is 25.1 Å². The van der Waals surface area contributed by atoms with Crippen molar-refractivity contribution in [3.05, 3.63) is 30.3 Å². The molecule has 2 rings (SSSR count). The quantitative estimate of drug-likeness (QED) is 0.866. The summed E-state index contributed by atoms with van der Waals surface area (Å²) in [5.41, 5.74) is 5.11. The highest BCUT2D eigenvalue weighted by Crippen LogP contribution is 2.37. The molecule has 6 heteroatoms. The minimum absolute atomic E-state index is 0.0820. The molecule has 5 nitrogen and oxygen atoms in total. The highest BCUT2D eigenvalue weighted by atomic mass is 32.2. The second-order valence-corrected chi connectivity index (χ2v) is 6.85. The van der Waals surface area contributed by atoms with Crippen molar-refractivity contribution in [1.29, 1.82) is 0 Å². The maximum absolute atomic E-state index is 12.2. The molecule has 1 fully saturated rings. The number of nitrogens with one attached hydrogen (secondary N) is 1. The normalized spacial score (nSPS) is 27.2. The molecule has 2 atom stereocenters. The minimum atomic E-state index is -3.81. The summed E-state index contributed by atoms with van der Waals surface area (Å²) in [6.45, 7) is 1.72. The smallest absolute Gasteiger partial charge is 0.264 e. The second-order valence-electron chi connectivity index (χ2n) is 5.16. The number of sulfonamides is 1. The van der Waals surface area contributed by atoms with E-state index < -0.39 is 21.3 Å². The Balaban J connectivity index is 2.20. The lowest BCUT2D eigenvalue weighted by atomic mass is 9.85. The topological polar surface area (TPSA) is 89.3 Å². The molecule has 1 aliphatic carbocycles. The van der Waals surface area contributed by atoms with Crippen molar-refractivity contribution in [2.45, 2.75) is 37.1 Å². The van der Waals surface area contributed by atoms with Crippen LogP contribution in [0.4, 0.5) is 0 Å². The van der Waals surface area contributed by atoms with Gasteiger partial charge in [0.2, 0.25) is 5.91 Å². The SMILES string of the molecule is CC1(C(=O)NS(=O)(=O)c2ccccc2)CCCC1N. The molecular weight excluding hydrogens is 264 g/mol. The zero-order valence-corrected chi connectivity index (χ0v) is 11.6. The van der Waals surface area contributed by atoms with Crippen molar-refractivity contribution in [1.82, 2.24) is 4.72 Å². The second kappa shape index (κ2) is 4.94. The van der Waals surface area contributed by atoms with Gasteiger partial charge in [-0.3, -0.25) is 4.79 Å². The Labute approximate surface area is 113 Å². The zero-order valence-electron chi connectivity index (χ0n) is 10.8.